The summed E-state index contributed by atoms with van der Waals surface area (Å²) >= 11 is 14.6. The lowest BCUT2D eigenvalue weighted by Gasteiger charge is -2.28. The predicted molar refractivity (Wildman–Crippen MR) is 351 cm³/mol. The van der Waals surface area contributed by atoms with E-state index in [1.54, 1.807) is 36.4 Å². The molecule has 1 unspecified atom stereocenters. The van der Waals surface area contributed by atoms with Gasteiger partial charge in [-0.05, 0) is 109 Å². The van der Waals surface area contributed by atoms with Crippen LogP contribution in [0.15, 0.2) is 115 Å². The third-order valence-electron chi connectivity index (χ3n) is 14.7. The highest BCUT2D eigenvalue weighted by Crippen LogP contribution is 2.19. The van der Waals surface area contributed by atoms with Crippen molar-refractivity contribution in [2.45, 2.75) is 119 Å². The van der Waals surface area contributed by atoms with Crippen LogP contribution < -0.4 is 75.7 Å². The molecule has 1 saturated heterocycles. The molecule has 19 N–H and O–H groups in total. The number of aliphatic hydroxyl groups excluding tert-OH is 1. The number of urea groups is 2. The van der Waals surface area contributed by atoms with Crippen molar-refractivity contribution in [2.75, 3.05) is 28.7 Å². The van der Waals surface area contributed by atoms with Crippen molar-refractivity contribution >= 4 is 130 Å². The number of carbonyl (C=O) groups is 12. The summed E-state index contributed by atoms with van der Waals surface area (Å²) in [5.74, 6) is -10.0. The zero-order valence-electron chi connectivity index (χ0n) is 50.3. The molecule has 5 aromatic rings. The van der Waals surface area contributed by atoms with Crippen molar-refractivity contribution in [3.63, 3.8) is 0 Å². The Morgan fingerprint density at radius 1 is 0.570 bits per heavy atom. The highest BCUT2D eigenvalue weighted by atomic mass is 35.5. The molecule has 0 aromatic heterocycles. The molecule has 5 aromatic carbocycles. The average Bonchev–Trinajstić information content (AvgIpc) is 1.13. The van der Waals surface area contributed by atoms with Gasteiger partial charge in [0.1, 0.15) is 48.3 Å². The van der Waals surface area contributed by atoms with Gasteiger partial charge in [0.25, 0.3) is 0 Å². The van der Waals surface area contributed by atoms with Gasteiger partial charge in [0.15, 0.2) is 0 Å². The lowest BCUT2D eigenvalue weighted by molar-refractivity contribution is -0.142. The number of hydrogen-bond acceptors (Lipinski definition) is 17. The molecule has 93 heavy (non-hydrogen) atoms. The fourth-order valence-electron chi connectivity index (χ4n) is 9.68. The number of carbonyl (C=O) groups excluding carboxylic acids is 11. The molecule has 6 rings (SSSR count). The second-order valence-corrected chi connectivity index (χ2v) is 23.1. The van der Waals surface area contributed by atoms with E-state index in [-0.39, 0.29) is 74.4 Å². The molecule has 10 atom stereocenters. The lowest BCUT2D eigenvalue weighted by atomic mass is 10.0. The number of halogens is 1. The van der Waals surface area contributed by atoms with Crippen molar-refractivity contribution in [3.05, 3.63) is 143 Å². The molecule has 0 saturated carbocycles. The number of aliphatic hydroxyl groups is 1. The van der Waals surface area contributed by atoms with E-state index in [2.05, 4.69) is 78.4 Å². The summed E-state index contributed by atoms with van der Waals surface area (Å²) in [6.45, 7) is 1.34. The summed E-state index contributed by atoms with van der Waals surface area (Å²) in [7, 11) is 0. The number of primary amides is 1. The standard InChI is InChI=1S/C62H75ClN14O14S2/c1-32(78)51(59(87)74-49(31-93)58(86)72-47(60(88)89)28-36-9-16-37-6-2-3-7-38(37)24-36)77-53(81)43(8-4-5-23-64)69-55(83)44(26-35-14-21-41(22-15-35)68-61(66)90)70-56(84)45(27-34-12-19-40(20-13-34)67-54(82)46-29-50(79)76-62(91)75-46)71-57(85)48(30-92)73-52(80)42(65)25-33-10-17-39(63)18-11-33/h2-3,6-7,9-22,24,32,42-49,51,78,92-93H,4-5,8,23,25-31,64-65H2,1H3,(H,67,82)(H,69,83)(H,70,84)(H,71,85)(H,72,86)(H,73,80)(H,74,87)(H,77,81)(H,88,89)(H3,66,68,90)(H2,75,76,79,91)/t32-,42+,43+,44-,45+,46?,47+,48-,49+,51+/m1/s1. The van der Waals surface area contributed by atoms with Crippen LogP contribution in [0.1, 0.15) is 54.9 Å². The topological polar surface area (TPSA) is 456 Å². The number of amides is 13. The number of fused-ring (bicyclic) bond motifs is 1. The number of carboxylic acids is 1. The maximum absolute atomic E-state index is 14.9. The van der Waals surface area contributed by atoms with Crippen LogP contribution in [0.3, 0.4) is 0 Å². The van der Waals surface area contributed by atoms with Crippen molar-refractivity contribution < 1.29 is 67.7 Å². The molecular formula is C62H75ClN14O14S2. The number of unbranched alkanes of at least 4 members (excludes halogenated alkanes) is 1. The average molecular weight is 1340 g/mol. The normalized spacial score (nSPS) is 15.7. The van der Waals surface area contributed by atoms with Gasteiger partial charge in [0, 0.05) is 47.2 Å². The second kappa shape index (κ2) is 35.5. The molecule has 1 aliphatic heterocycles. The Kier molecular flexibility index (Phi) is 27.7. The number of aliphatic carboxylic acids is 1. The minimum Gasteiger partial charge on any atom is -0.480 e. The molecule has 1 aliphatic rings. The number of nitrogens with two attached hydrogens (primary N) is 3. The first-order valence-electron chi connectivity index (χ1n) is 29.4. The van der Waals surface area contributed by atoms with Gasteiger partial charge in [0.05, 0.1) is 18.6 Å². The van der Waals surface area contributed by atoms with Gasteiger partial charge in [-0.25, -0.2) is 14.4 Å². The first-order valence-corrected chi connectivity index (χ1v) is 31.1. The maximum Gasteiger partial charge on any atom is 0.326 e. The van der Waals surface area contributed by atoms with E-state index in [0.717, 1.165) is 10.8 Å². The van der Waals surface area contributed by atoms with Crippen molar-refractivity contribution in [2.24, 2.45) is 17.2 Å². The number of benzene rings is 5. The molecule has 31 heteroatoms. The first-order chi connectivity index (χ1) is 44.3. The largest absolute Gasteiger partial charge is 0.480 e. The van der Waals surface area contributed by atoms with Gasteiger partial charge in [-0.2, -0.15) is 25.3 Å². The van der Waals surface area contributed by atoms with Crippen molar-refractivity contribution in [3.8, 4) is 0 Å². The van der Waals surface area contributed by atoms with E-state index in [4.69, 9.17) is 28.8 Å². The van der Waals surface area contributed by atoms with Crippen LogP contribution >= 0.6 is 36.9 Å². The fourth-order valence-corrected chi connectivity index (χ4v) is 10.3. The molecule has 28 nitrogen and oxygen atoms in total. The summed E-state index contributed by atoms with van der Waals surface area (Å²) in [5.41, 5.74) is 19.9. The minimum absolute atomic E-state index is 0.0549. The number of anilines is 2. The van der Waals surface area contributed by atoms with E-state index >= 15 is 0 Å². The van der Waals surface area contributed by atoms with Gasteiger partial charge >= 0.3 is 18.0 Å². The summed E-state index contributed by atoms with van der Waals surface area (Å²) < 4.78 is 0. The number of nitrogens with one attached hydrogen (secondary N) is 11. The number of imide groups is 1. The van der Waals surface area contributed by atoms with Gasteiger partial charge in [-0.15, -0.1) is 0 Å². The highest BCUT2D eigenvalue weighted by molar-refractivity contribution is 7.80. The third-order valence-corrected chi connectivity index (χ3v) is 15.7. The zero-order chi connectivity index (χ0) is 67.9. The van der Waals surface area contributed by atoms with Crippen LogP contribution in [0.25, 0.3) is 10.8 Å². The first kappa shape index (κ1) is 72.7. The molecule has 1 heterocycles. The van der Waals surface area contributed by atoms with E-state index in [9.17, 15) is 67.7 Å². The molecule has 1 fully saturated rings. The van der Waals surface area contributed by atoms with E-state index in [1.165, 1.54) is 55.5 Å². The Bertz CT molecular complexity index is 3500. The fraction of sp³-hybridized carbons (Fsp3) is 0.355. The monoisotopic (exact) mass is 1340 g/mol. The Balaban J connectivity index is 1.24. The SMILES string of the molecule is C[C@@H](O)[C@H](NC(=O)[C@H](CCCCN)NC(=O)[C@@H](Cc1ccc(NC(N)=O)cc1)NC(=O)[C@H](Cc1ccc(NC(=O)C2CC(=O)NC(=O)N2)cc1)NC(=O)[C@@H](CS)NC(=O)[C@@H](N)Cc1ccc(Cl)cc1)C(=O)N[C@@H](CS)C(=O)N[C@@H](Cc1ccc2ccccc2c1)C(=O)O. The van der Waals surface area contributed by atoms with Crippen molar-refractivity contribution in [1.29, 1.82) is 0 Å². The highest BCUT2D eigenvalue weighted by Gasteiger charge is 2.36. The van der Waals surface area contributed by atoms with Crippen LogP contribution in [-0.2, 0) is 73.6 Å². The number of rotatable bonds is 33. The molecule has 0 aliphatic carbocycles. The smallest absolute Gasteiger partial charge is 0.326 e. The predicted octanol–water partition coefficient (Wildman–Crippen LogP) is -0.0341. The van der Waals surface area contributed by atoms with Crippen LogP contribution in [0, 0.1) is 0 Å². The zero-order valence-corrected chi connectivity index (χ0v) is 52.9. The quantitative estimate of drug-likeness (QED) is 0.0194. The van der Waals surface area contributed by atoms with Crippen LogP contribution in [0.4, 0.5) is 21.0 Å². The Labute approximate surface area is 550 Å². The van der Waals surface area contributed by atoms with E-state index in [0.29, 0.717) is 33.7 Å². The van der Waals surface area contributed by atoms with Crippen LogP contribution in [0.2, 0.25) is 5.02 Å². The van der Waals surface area contributed by atoms with Crippen molar-refractivity contribution in [1.82, 2.24) is 47.9 Å². The lowest BCUT2D eigenvalue weighted by Crippen LogP contribution is -2.62. The molecule has 0 bridgehead atoms. The summed E-state index contributed by atoms with van der Waals surface area (Å²) in [6.07, 6.45) is -2.23. The summed E-state index contributed by atoms with van der Waals surface area (Å²) in [4.78, 5) is 161. The van der Waals surface area contributed by atoms with E-state index < -0.39 is 132 Å². The minimum atomic E-state index is -1.79. The molecular weight excluding hydrogens is 1260 g/mol. The van der Waals surface area contributed by atoms with Gasteiger partial charge in [-0.3, -0.25) is 48.5 Å². The third kappa shape index (κ3) is 22.8. The molecule has 496 valence electrons. The Morgan fingerprint density at radius 3 is 1.56 bits per heavy atom. The number of hydrogen-bond donors (Lipinski definition) is 18. The molecule has 13 amide bonds. The number of carboxylic acid groups (broad SMARTS) is 1. The van der Waals surface area contributed by atoms with Gasteiger partial charge in [0.2, 0.25) is 53.2 Å². The Hall–Kier alpha value is -9.33. The second-order valence-electron chi connectivity index (χ2n) is 22.0. The summed E-state index contributed by atoms with van der Waals surface area (Å²) in [5, 5.41) is 50.5. The van der Waals surface area contributed by atoms with Gasteiger partial charge in [-0.1, -0.05) is 90.5 Å². The molecule has 0 radical (unpaired) electrons. The number of thiol groups is 2. The van der Waals surface area contributed by atoms with Crippen LogP contribution in [-0.4, -0.2) is 160 Å². The Morgan fingerprint density at radius 2 is 1.03 bits per heavy atom. The maximum atomic E-state index is 14.9. The van der Waals surface area contributed by atoms with Crippen LogP contribution in [0.5, 0.6) is 0 Å². The van der Waals surface area contributed by atoms with Gasteiger partial charge < -0.3 is 80.6 Å². The molecule has 0 spiro atoms. The van der Waals surface area contributed by atoms with E-state index in [1.807, 2.05) is 35.6 Å². The summed E-state index contributed by atoms with van der Waals surface area (Å²) in [6, 6.07) is 16.3.